The molecule has 1 rings (SSSR count). The molecular formula is C12H23N3O3. The Kier molecular flexibility index (Phi) is 4.95. The van der Waals surface area contributed by atoms with E-state index in [0.29, 0.717) is 19.0 Å². The van der Waals surface area contributed by atoms with Crippen LogP contribution in [-0.2, 0) is 9.53 Å². The quantitative estimate of drug-likeness (QED) is 0.680. The van der Waals surface area contributed by atoms with Crippen molar-refractivity contribution >= 4 is 12.0 Å². The third kappa shape index (κ3) is 5.35. The average Bonchev–Trinajstić information content (AvgIpc) is 2.24. The molecule has 0 aromatic rings. The van der Waals surface area contributed by atoms with E-state index in [1.165, 1.54) is 0 Å². The van der Waals surface area contributed by atoms with E-state index in [1.54, 1.807) is 0 Å². The van der Waals surface area contributed by atoms with E-state index >= 15 is 0 Å². The summed E-state index contributed by atoms with van der Waals surface area (Å²) >= 11 is 0. The molecule has 0 aromatic heterocycles. The second-order valence-electron chi connectivity index (χ2n) is 5.69. The molecule has 6 nitrogen and oxygen atoms in total. The molecule has 0 aliphatic carbocycles. The summed E-state index contributed by atoms with van der Waals surface area (Å²) in [6, 6.07) is -0.234. The van der Waals surface area contributed by atoms with Crippen LogP contribution < -0.4 is 16.4 Å². The van der Waals surface area contributed by atoms with Gasteiger partial charge in [0.25, 0.3) is 0 Å². The van der Waals surface area contributed by atoms with E-state index in [4.69, 9.17) is 10.5 Å². The Balaban J connectivity index is 2.22. The maximum absolute atomic E-state index is 11.4. The summed E-state index contributed by atoms with van der Waals surface area (Å²) in [6.07, 6.45) is 1.19. The first-order valence-electron chi connectivity index (χ1n) is 6.27. The van der Waals surface area contributed by atoms with Gasteiger partial charge in [0, 0.05) is 13.1 Å². The van der Waals surface area contributed by atoms with E-state index in [1.807, 2.05) is 20.8 Å². The van der Waals surface area contributed by atoms with Crippen LogP contribution >= 0.6 is 0 Å². The van der Waals surface area contributed by atoms with Gasteiger partial charge in [0.2, 0.25) is 5.91 Å². The van der Waals surface area contributed by atoms with Gasteiger partial charge in [-0.2, -0.15) is 0 Å². The van der Waals surface area contributed by atoms with E-state index in [2.05, 4.69) is 10.6 Å². The van der Waals surface area contributed by atoms with Crippen LogP contribution in [0.25, 0.3) is 0 Å². The summed E-state index contributed by atoms with van der Waals surface area (Å²) in [5, 5.41) is 5.81. The Bertz CT molecular complexity index is 304. The predicted molar refractivity (Wildman–Crippen MR) is 67.9 cm³/mol. The highest BCUT2D eigenvalue weighted by Gasteiger charge is 2.24. The number of primary amides is 1. The Hall–Kier alpha value is -1.30. The number of carbonyl (C=O) groups is 2. The van der Waals surface area contributed by atoms with Crippen molar-refractivity contribution in [1.29, 1.82) is 0 Å². The number of piperidine rings is 1. The molecule has 1 aliphatic rings. The molecule has 4 N–H and O–H groups in total. The van der Waals surface area contributed by atoms with Crippen molar-refractivity contribution in [2.45, 2.75) is 45.3 Å². The summed E-state index contributed by atoms with van der Waals surface area (Å²) in [4.78, 5) is 22.4. The molecule has 2 amide bonds. The fourth-order valence-corrected chi connectivity index (χ4v) is 1.87. The molecule has 0 aromatic carbocycles. The van der Waals surface area contributed by atoms with E-state index in [9.17, 15) is 9.59 Å². The maximum atomic E-state index is 11.4. The minimum atomic E-state index is -0.480. The van der Waals surface area contributed by atoms with Gasteiger partial charge in [-0.3, -0.25) is 4.79 Å². The van der Waals surface area contributed by atoms with Gasteiger partial charge in [-0.25, -0.2) is 4.79 Å². The van der Waals surface area contributed by atoms with Gasteiger partial charge in [-0.1, -0.05) is 0 Å². The second kappa shape index (κ2) is 6.04. The lowest BCUT2D eigenvalue weighted by molar-refractivity contribution is -0.120. The third-order valence-corrected chi connectivity index (χ3v) is 2.79. The van der Waals surface area contributed by atoms with Crippen molar-refractivity contribution in [3.05, 3.63) is 0 Å². The highest BCUT2D eigenvalue weighted by Crippen LogP contribution is 2.13. The summed E-state index contributed by atoms with van der Waals surface area (Å²) in [5.41, 5.74) is 4.73. The van der Waals surface area contributed by atoms with Crippen molar-refractivity contribution in [1.82, 2.24) is 10.6 Å². The third-order valence-electron chi connectivity index (χ3n) is 2.79. The Morgan fingerprint density at radius 1 is 1.39 bits per heavy atom. The van der Waals surface area contributed by atoms with Crippen LogP contribution in [0.4, 0.5) is 4.79 Å². The standard InChI is InChI=1S/C12H23N3O3/c1-12(2,3)18-11(17)15-7-8-4-5-9(10(13)16)14-6-8/h8-9,14H,4-7H2,1-3H3,(H2,13,16)(H,15,17). The maximum Gasteiger partial charge on any atom is 0.407 e. The SMILES string of the molecule is CC(C)(C)OC(=O)NCC1CCC(C(N)=O)NC1. The molecule has 1 aliphatic heterocycles. The fraction of sp³-hybridized carbons (Fsp3) is 0.833. The number of alkyl carbamates (subject to hydrolysis) is 1. The summed E-state index contributed by atoms with van der Waals surface area (Å²) in [5.74, 6) is 0.00155. The van der Waals surface area contributed by atoms with Crippen LogP contribution in [0.3, 0.4) is 0 Å². The van der Waals surface area contributed by atoms with Crippen LogP contribution in [0.2, 0.25) is 0 Å². The number of amides is 2. The van der Waals surface area contributed by atoms with Gasteiger partial charge < -0.3 is 21.1 Å². The van der Waals surface area contributed by atoms with Crippen LogP contribution in [0.15, 0.2) is 0 Å². The Labute approximate surface area is 108 Å². The van der Waals surface area contributed by atoms with Gasteiger partial charge in [-0.05, 0) is 39.5 Å². The van der Waals surface area contributed by atoms with Crippen LogP contribution in [0.5, 0.6) is 0 Å². The summed E-state index contributed by atoms with van der Waals surface area (Å²) in [6.45, 7) is 6.71. The largest absolute Gasteiger partial charge is 0.444 e. The van der Waals surface area contributed by atoms with Crippen molar-refractivity contribution in [2.75, 3.05) is 13.1 Å². The molecule has 0 saturated carbocycles. The molecule has 18 heavy (non-hydrogen) atoms. The zero-order valence-corrected chi connectivity index (χ0v) is 11.3. The zero-order chi connectivity index (χ0) is 13.8. The Morgan fingerprint density at radius 2 is 2.06 bits per heavy atom. The van der Waals surface area contributed by atoms with E-state index in [-0.39, 0.29) is 11.9 Å². The lowest BCUT2D eigenvalue weighted by Crippen LogP contribution is -2.49. The normalized spacial score (nSPS) is 24.4. The molecule has 1 heterocycles. The topological polar surface area (TPSA) is 93.4 Å². The predicted octanol–water partition coefficient (Wildman–Crippen LogP) is 0.365. The molecule has 6 heteroatoms. The van der Waals surface area contributed by atoms with Crippen molar-refractivity contribution < 1.29 is 14.3 Å². The Morgan fingerprint density at radius 3 is 2.50 bits per heavy atom. The highest BCUT2D eigenvalue weighted by molar-refractivity contribution is 5.79. The van der Waals surface area contributed by atoms with Gasteiger partial charge in [-0.15, -0.1) is 0 Å². The first-order chi connectivity index (χ1) is 8.28. The molecule has 2 atom stereocenters. The molecule has 2 unspecified atom stereocenters. The molecular weight excluding hydrogens is 234 g/mol. The smallest absolute Gasteiger partial charge is 0.407 e. The van der Waals surface area contributed by atoms with Crippen molar-refractivity contribution in [3.8, 4) is 0 Å². The van der Waals surface area contributed by atoms with E-state index < -0.39 is 11.7 Å². The minimum absolute atomic E-state index is 0.234. The first-order valence-corrected chi connectivity index (χ1v) is 6.27. The first kappa shape index (κ1) is 14.8. The van der Waals surface area contributed by atoms with Gasteiger partial charge in [0.1, 0.15) is 5.60 Å². The number of rotatable bonds is 3. The van der Waals surface area contributed by atoms with Gasteiger partial charge in [0.15, 0.2) is 0 Å². The molecule has 104 valence electrons. The number of hydrogen-bond acceptors (Lipinski definition) is 4. The lowest BCUT2D eigenvalue weighted by Gasteiger charge is -2.28. The number of ether oxygens (including phenoxy) is 1. The number of hydrogen-bond donors (Lipinski definition) is 3. The minimum Gasteiger partial charge on any atom is -0.444 e. The molecule has 0 radical (unpaired) electrons. The lowest BCUT2D eigenvalue weighted by atomic mass is 9.94. The highest BCUT2D eigenvalue weighted by atomic mass is 16.6. The number of nitrogens with one attached hydrogen (secondary N) is 2. The van der Waals surface area contributed by atoms with Crippen molar-refractivity contribution in [2.24, 2.45) is 11.7 Å². The molecule has 0 bridgehead atoms. The van der Waals surface area contributed by atoms with Crippen LogP contribution in [0, 0.1) is 5.92 Å². The number of carbonyl (C=O) groups excluding carboxylic acids is 2. The fourth-order valence-electron chi connectivity index (χ4n) is 1.87. The molecule has 0 spiro atoms. The average molecular weight is 257 g/mol. The van der Waals surface area contributed by atoms with Crippen LogP contribution in [-0.4, -0.2) is 36.7 Å². The molecule has 1 fully saturated rings. The van der Waals surface area contributed by atoms with Gasteiger partial charge >= 0.3 is 6.09 Å². The zero-order valence-electron chi connectivity index (χ0n) is 11.3. The monoisotopic (exact) mass is 257 g/mol. The van der Waals surface area contributed by atoms with E-state index in [0.717, 1.165) is 12.8 Å². The summed E-state index contributed by atoms with van der Waals surface area (Å²) < 4.78 is 5.14. The van der Waals surface area contributed by atoms with Crippen LogP contribution in [0.1, 0.15) is 33.6 Å². The second-order valence-corrected chi connectivity index (χ2v) is 5.69. The summed E-state index contributed by atoms with van der Waals surface area (Å²) in [7, 11) is 0. The van der Waals surface area contributed by atoms with Crippen molar-refractivity contribution in [3.63, 3.8) is 0 Å². The van der Waals surface area contributed by atoms with Gasteiger partial charge in [0.05, 0.1) is 6.04 Å². The number of nitrogens with two attached hydrogens (primary N) is 1. The molecule has 1 saturated heterocycles.